The average molecular weight is 386 g/mol. The van der Waals surface area contributed by atoms with Crippen LogP contribution >= 0.6 is 22.9 Å². The first-order valence-electron chi connectivity index (χ1n) is 8.48. The number of aromatic nitrogens is 3. The van der Waals surface area contributed by atoms with Crippen LogP contribution in [0.25, 0.3) is 10.1 Å². The van der Waals surface area contributed by atoms with E-state index in [1.807, 2.05) is 28.8 Å². The Morgan fingerprint density at radius 2 is 2.15 bits per heavy atom. The molecule has 0 radical (unpaired) electrons. The predicted molar refractivity (Wildman–Crippen MR) is 101 cm³/mol. The van der Waals surface area contributed by atoms with E-state index in [4.69, 9.17) is 11.6 Å². The Morgan fingerprint density at radius 1 is 1.31 bits per heavy atom. The Balaban J connectivity index is 1.63. The van der Waals surface area contributed by atoms with Gasteiger partial charge in [0.15, 0.2) is 11.7 Å². The highest BCUT2D eigenvalue weighted by atomic mass is 35.5. The Kier molecular flexibility index (Phi) is 4.62. The standard InChI is InChI=1S/C18H16ClN5OS/c19-15-11-6-3-4-7-13(11)26-18(15)21-17(25)12(10-20)16-23-22-14-8-2-1-5-9-24(14)16/h3-4,6-7,12H,1-2,5,8-9H2,(H,21,25)/t12-/m1/s1. The zero-order valence-corrected chi connectivity index (χ0v) is 15.5. The van der Waals surface area contributed by atoms with Gasteiger partial charge in [0.25, 0.3) is 0 Å². The monoisotopic (exact) mass is 385 g/mol. The molecule has 0 fully saturated rings. The molecule has 6 nitrogen and oxygen atoms in total. The van der Waals surface area contributed by atoms with Crippen LogP contribution in [0.2, 0.25) is 5.02 Å². The van der Waals surface area contributed by atoms with Crippen molar-refractivity contribution in [2.75, 3.05) is 5.32 Å². The molecule has 1 aliphatic heterocycles. The normalized spacial score (nSPS) is 15.1. The number of nitrogens with zero attached hydrogens (tertiary/aromatic N) is 4. The first-order chi connectivity index (χ1) is 12.7. The molecule has 1 aromatic carbocycles. The first kappa shape index (κ1) is 17.0. The number of hydrogen-bond acceptors (Lipinski definition) is 5. The highest BCUT2D eigenvalue weighted by molar-refractivity contribution is 7.23. The summed E-state index contributed by atoms with van der Waals surface area (Å²) in [4.78, 5) is 12.8. The Hall–Kier alpha value is -2.43. The average Bonchev–Trinajstić information content (AvgIpc) is 3.08. The summed E-state index contributed by atoms with van der Waals surface area (Å²) >= 11 is 7.78. The van der Waals surface area contributed by atoms with Gasteiger partial charge in [-0.25, -0.2) is 0 Å². The SMILES string of the molecule is N#C[C@@H](C(=O)Nc1sc2ccccc2c1Cl)c1nnc2n1CCCCC2. The second-order valence-corrected chi connectivity index (χ2v) is 7.66. The third kappa shape index (κ3) is 2.96. The molecular formula is C18H16ClN5OS. The maximum Gasteiger partial charge on any atom is 0.250 e. The summed E-state index contributed by atoms with van der Waals surface area (Å²) in [6.45, 7) is 0.743. The van der Waals surface area contributed by atoms with E-state index < -0.39 is 11.8 Å². The van der Waals surface area contributed by atoms with Crippen molar-refractivity contribution >= 4 is 43.9 Å². The highest BCUT2D eigenvalue weighted by Gasteiger charge is 2.29. The molecule has 1 N–H and O–H groups in total. The number of fused-ring (bicyclic) bond motifs is 2. The van der Waals surface area contributed by atoms with Gasteiger partial charge in [0.05, 0.1) is 11.1 Å². The number of carbonyl (C=O) groups is 1. The molecule has 0 spiro atoms. The summed E-state index contributed by atoms with van der Waals surface area (Å²) in [6.07, 6.45) is 4.00. The third-order valence-electron chi connectivity index (χ3n) is 4.56. The van der Waals surface area contributed by atoms with Crippen LogP contribution in [0.1, 0.15) is 36.8 Å². The van der Waals surface area contributed by atoms with E-state index in [-0.39, 0.29) is 0 Å². The number of halogens is 1. The number of nitrogens with one attached hydrogen (secondary N) is 1. The fourth-order valence-electron chi connectivity index (χ4n) is 3.23. The number of benzene rings is 1. The van der Waals surface area contributed by atoms with Gasteiger partial charge in [-0.05, 0) is 18.9 Å². The first-order valence-corrected chi connectivity index (χ1v) is 9.68. The lowest BCUT2D eigenvalue weighted by molar-refractivity contribution is -0.116. The molecule has 0 bridgehead atoms. The Morgan fingerprint density at radius 3 is 2.96 bits per heavy atom. The molecule has 0 unspecified atom stereocenters. The summed E-state index contributed by atoms with van der Waals surface area (Å²) < 4.78 is 2.91. The number of aryl methyl sites for hydroxylation is 1. The molecule has 0 aliphatic carbocycles. The van der Waals surface area contributed by atoms with E-state index in [1.54, 1.807) is 0 Å². The van der Waals surface area contributed by atoms with Crippen molar-refractivity contribution in [2.24, 2.45) is 0 Å². The van der Waals surface area contributed by atoms with Crippen molar-refractivity contribution in [3.63, 3.8) is 0 Å². The fraction of sp³-hybridized carbons (Fsp3) is 0.333. The van der Waals surface area contributed by atoms with Gasteiger partial charge in [-0.1, -0.05) is 36.2 Å². The third-order valence-corrected chi connectivity index (χ3v) is 6.15. The second kappa shape index (κ2) is 7.06. The van der Waals surface area contributed by atoms with E-state index >= 15 is 0 Å². The number of anilines is 1. The molecule has 1 aliphatic rings. The number of hydrogen-bond donors (Lipinski definition) is 1. The molecule has 26 heavy (non-hydrogen) atoms. The van der Waals surface area contributed by atoms with Gasteiger partial charge in [0.2, 0.25) is 5.91 Å². The fourth-order valence-corrected chi connectivity index (χ4v) is 4.61. The van der Waals surface area contributed by atoms with Crippen molar-refractivity contribution in [3.05, 3.63) is 40.9 Å². The summed E-state index contributed by atoms with van der Waals surface area (Å²) in [5.74, 6) is -0.180. The van der Waals surface area contributed by atoms with E-state index in [1.165, 1.54) is 11.3 Å². The molecule has 1 atom stereocenters. The van der Waals surface area contributed by atoms with Crippen molar-refractivity contribution in [1.82, 2.24) is 14.8 Å². The molecular weight excluding hydrogens is 370 g/mol. The minimum Gasteiger partial charge on any atom is -0.315 e. The van der Waals surface area contributed by atoms with Crippen LogP contribution in [0.3, 0.4) is 0 Å². The van der Waals surface area contributed by atoms with Crippen molar-refractivity contribution in [3.8, 4) is 6.07 Å². The van der Waals surface area contributed by atoms with Crippen LogP contribution in [-0.2, 0) is 17.8 Å². The number of amides is 1. The summed E-state index contributed by atoms with van der Waals surface area (Å²) in [7, 11) is 0. The largest absolute Gasteiger partial charge is 0.315 e. The number of nitriles is 1. The van der Waals surface area contributed by atoms with Crippen molar-refractivity contribution in [2.45, 2.75) is 38.1 Å². The highest BCUT2D eigenvalue weighted by Crippen LogP contribution is 2.39. The van der Waals surface area contributed by atoms with Crippen LogP contribution in [0.4, 0.5) is 5.00 Å². The lowest BCUT2D eigenvalue weighted by Crippen LogP contribution is -2.23. The molecule has 4 rings (SSSR count). The van der Waals surface area contributed by atoms with Crippen LogP contribution in [0, 0.1) is 11.3 Å². The van der Waals surface area contributed by atoms with Gasteiger partial charge in [-0.15, -0.1) is 21.5 Å². The Labute approximate surface area is 159 Å². The van der Waals surface area contributed by atoms with Gasteiger partial charge < -0.3 is 9.88 Å². The quantitative estimate of drug-likeness (QED) is 0.735. The second-order valence-electron chi connectivity index (χ2n) is 6.23. The minimum atomic E-state index is -1.02. The molecule has 2 aromatic heterocycles. The summed E-state index contributed by atoms with van der Waals surface area (Å²) in [6, 6.07) is 9.75. The van der Waals surface area contributed by atoms with Crippen LogP contribution in [-0.4, -0.2) is 20.7 Å². The molecule has 0 saturated heterocycles. The molecule has 3 aromatic rings. The van der Waals surface area contributed by atoms with Gasteiger partial charge in [0, 0.05) is 23.1 Å². The zero-order chi connectivity index (χ0) is 18.1. The van der Waals surface area contributed by atoms with Crippen molar-refractivity contribution in [1.29, 1.82) is 5.26 Å². The molecule has 0 saturated carbocycles. The summed E-state index contributed by atoms with van der Waals surface area (Å²) in [5, 5.41) is 22.7. The maximum absolute atomic E-state index is 12.8. The molecule has 132 valence electrons. The number of rotatable bonds is 3. The summed E-state index contributed by atoms with van der Waals surface area (Å²) in [5.41, 5.74) is 0. The number of thiophene rings is 1. The van der Waals surface area contributed by atoms with Crippen molar-refractivity contribution < 1.29 is 4.79 Å². The molecule has 1 amide bonds. The van der Waals surface area contributed by atoms with Crippen LogP contribution < -0.4 is 5.32 Å². The lowest BCUT2D eigenvalue weighted by Gasteiger charge is -2.11. The van der Waals surface area contributed by atoms with E-state index in [0.717, 1.165) is 48.1 Å². The predicted octanol–water partition coefficient (Wildman–Crippen LogP) is 4.12. The van der Waals surface area contributed by atoms with Crippen LogP contribution in [0.5, 0.6) is 0 Å². The van der Waals surface area contributed by atoms with Gasteiger partial charge in [-0.2, -0.15) is 5.26 Å². The van der Waals surface area contributed by atoms with Gasteiger partial charge in [0.1, 0.15) is 10.8 Å². The molecule has 8 heteroatoms. The molecule has 3 heterocycles. The van der Waals surface area contributed by atoms with Gasteiger partial charge in [-0.3, -0.25) is 4.79 Å². The smallest absolute Gasteiger partial charge is 0.250 e. The van der Waals surface area contributed by atoms with Crippen LogP contribution in [0.15, 0.2) is 24.3 Å². The van der Waals surface area contributed by atoms with E-state index in [2.05, 4.69) is 21.6 Å². The van der Waals surface area contributed by atoms with E-state index in [9.17, 15) is 10.1 Å². The maximum atomic E-state index is 12.8. The lowest BCUT2D eigenvalue weighted by atomic mass is 10.1. The van der Waals surface area contributed by atoms with Gasteiger partial charge >= 0.3 is 0 Å². The Bertz CT molecular complexity index is 1020. The van der Waals surface area contributed by atoms with E-state index in [0.29, 0.717) is 15.8 Å². The topological polar surface area (TPSA) is 83.6 Å². The number of carbonyl (C=O) groups excluding carboxylic acids is 1. The minimum absolute atomic E-state index is 0.416. The zero-order valence-electron chi connectivity index (χ0n) is 13.9.